The van der Waals surface area contributed by atoms with E-state index in [1.54, 1.807) is 0 Å². The van der Waals surface area contributed by atoms with Crippen molar-refractivity contribution in [3.8, 4) is 0 Å². The normalized spacial score (nSPS) is 21.3. The Morgan fingerprint density at radius 3 is 3.00 bits per heavy atom. The van der Waals surface area contributed by atoms with Gasteiger partial charge in [-0.3, -0.25) is 4.79 Å². The van der Waals surface area contributed by atoms with Gasteiger partial charge in [0.1, 0.15) is 6.10 Å². The Kier molecular flexibility index (Phi) is 4.78. The van der Waals surface area contributed by atoms with Gasteiger partial charge in [0.2, 0.25) is 5.91 Å². The average molecular weight is 312 g/mol. The number of benzene rings is 1. The quantitative estimate of drug-likeness (QED) is 0.931. The van der Waals surface area contributed by atoms with Crippen LogP contribution in [0.25, 0.3) is 0 Å². The smallest absolute Gasteiger partial charge is 0.249 e. The second-order valence-corrected chi connectivity index (χ2v) is 5.56. The molecule has 2 atom stereocenters. The van der Waals surface area contributed by atoms with Crippen LogP contribution in [0.15, 0.2) is 28.7 Å². The Bertz CT molecular complexity index is 416. The molecule has 1 aromatic carbocycles. The van der Waals surface area contributed by atoms with E-state index in [2.05, 4.69) is 21.2 Å². The summed E-state index contributed by atoms with van der Waals surface area (Å²) < 4.78 is 6.50. The minimum Gasteiger partial charge on any atom is -0.368 e. The summed E-state index contributed by atoms with van der Waals surface area (Å²) in [6.07, 6.45) is 2.69. The maximum absolute atomic E-state index is 12.0. The Morgan fingerprint density at radius 1 is 1.50 bits per heavy atom. The minimum atomic E-state index is -0.270. The number of amides is 1. The SMILES string of the molecule is CC(NC(=O)C1CCCCO1)c1cccc(Br)c1. The largest absolute Gasteiger partial charge is 0.368 e. The Hall–Kier alpha value is -0.870. The number of carbonyl (C=O) groups is 1. The molecule has 0 radical (unpaired) electrons. The molecule has 1 heterocycles. The first kappa shape index (κ1) is 13.6. The molecule has 0 aromatic heterocycles. The highest BCUT2D eigenvalue weighted by atomic mass is 79.9. The number of rotatable bonds is 3. The fourth-order valence-electron chi connectivity index (χ4n) is 2.11. The van der Waals surface area contributed by atoms with Crippen molar-refractivity contribution in [2.45, 2.75) is 38.3 Å². The lowest BCUT2D eigenvalue weighted by molar-refractivity contribution is -0.136. The van der Waals surface area contributed by atoms with Crippen molar-refractivity contribution in [2.24, 2.45) is 0 Å². The Balaban J connectivity index is 1.94. The van der Waals surface area contributed by atoms with Crippen LogP contribution >= 0.6 is 15.9 Å². The van der Waals surface area contributed by atoms with Crippen LogP contribution in [0.4, 0.5) is 0 Å². The number of hydrogen-bond acceptors (Lipinski definition) is 2. The predicted molar refractivity (Wildman–Crippen MR) is 74.3 cm³/mol. The van der Waals surface area contributed by atoms with Crippen LogP contribution in [0.5, 0.6) is 0 Å². The molecule has 0 bridgehead atoms. The summed E-state index contributed by atoms with van der Waals surface area (Å²) in [6.45, 7) is 2.69. The van der Waals surface area contributed by atoms with E-state index < -0.39 is 0 Å². The van der Waals surface area contributed by atoms with Crippen LogP contribution in [0, 0.1) is 0 Å². The van der Waals surface area contributed by atoms with Crippen LogP contribution in [-0.2, 0) is 9.53 Å². The zero-order valence-electron chi connectivity index (χ0n) is 10.5. The van der Waals surface area contributed by atoms with E-state index in [0.29, 0.717) is 6.61 Å². The first-order valence-corrected chi connectivity index (χ1v) is 7.13. The molecule has 4 heteroatoms. The molecule has 2 unspecified atom stereocenters. The second-order valence-electron chi connectivity index (χ2n) is 4.64. The lowest BCUT2D eigenvalue weighted by atomic mass is 10.1. The van der Waals surface area contributed by atoms with Crippen molar-refractivity contribution >= 4 is 21.8 Å². The van der Waals surface area contributed by atoms with E-state index in [-0.39, 0.29) is 18.1 Å². The maximum atomic E-state index is 12.0. The molecule has 1 fully saturated rings. The van der Waals surface area contributed by atoms with Gasteiger partial charge < -0.3 is 10.1 Å². The molecular weight excluding hydrogens is 294 g/mol. The first-order valence-electron chi connectivity index (χ1n) is 6.34. The van der Waals surface area contributed by atoms with Crippen molar-refractivity contribution < 1.29 is 9.53 Å². The molecule has 0 spiro atoms. The van der Waals surface area contributed by atoms with E-state index in [9.17, 15) is 4.79 Å². The van der Waals surface area contributed by atoms with Gasteiger partial charge in [-0.25, -0.2) is 0 Å². The van der Waals surface area contributed by atoms with Crippen LogP contribution in [-0.4, -0.2) is 18.6 Å². The van der Waals surface area contributed by atoms with E-state index in [1.165, 1.54) is 0 Å². The summed E-state index contributed by atoms with van der Waals surface area (Å²) in [4.78, 5) is 12.0. The zero-order valence-corrected chi connectivity index (χ0v) is 12.1. The standard InChI is InChI=1S/C14H18BrNO2/c1-10(11-5-4-6-12(15)9-11)16-14(17)13-7-2-3-8-18-13/h4-6,9-10,13H,2-3,7-8H2,1H3,(H,16,17). The monoisotopic (exact) mass is 311 g/mol. The topological polar surface area (TPSA) is 38.3 Å². The minimum absolute atomic E-state index is 0.000488. The summed E-state index contributed by atoms with van der Waals surface area (Å²) in [5, 5.41) is 3.01. The number of halogens is 1. The summed E-state index contributed by atoms with van der Waals surface area (Å²) in [7, 11) is 0. The number of nitrogens with one attached hydrogen (secondary N) is 1. The summed E-state index contributed by atoms with van der Waals surface area (Å²) >= 11 is 3.44. The molecule has 0 saturated carbocycles. The fraction of sp³-hybridized carbons (Fsp3) is 0.500. The number of ether oxygens (including phenoxy) is 1. The molecular formula is C14H18BrNO2. The van der Waals surface area contributed by atoms with Crippen molar-refractivity contribution in [1.82, 2.24) is 5.32 Å². The van der Waals surface area contributed by atoms with E-state index in [0.717, 1.165) is 29.3 Å². The molecule has 3 nitrogen and oxygen atoms in total. The molecule has 1 amide bonds. The lowest BCUT2D eigenvalue weighted by Gasteiger charge is -2.24. The lowest BCUT2D eigenvalue weighted by Crippen LogP contribution is -2.39. The van der Waals surface area contributed by atoms with Gasteiger partial charge in [0.15, 0.2) is 0 Å². The highest BCUT2D eigenvalue weighted by Crippen LogP contribution is 2.19. The third-order valence-electron chi connectivity index (χ3n) is 3.18. The predicted octanol–water partition coefficient (Wildman–Crippen LogP) is 3.20. The third kappa shape index (κ3) is 3.56. The maximum Gasteiger partial charge on any atom is 0.249 e. The van der Waals surface area contributed by atoms with Crippen LogP contribution < -0.4 is 5.32 Å². The van der Waals surface area contributed by atoms with Gasteiger partial charge in [0, 0.05) is 11.1 Å². The van der Waals surface area contributed by atoms with Crippen molar-refractivity contribution in [3.63, 3.8) is 0 Å². The van der Waals surface area contributed by atoms with Gasteiger partial charge in [-0.2, -0.15) is 0 Å². The molecule has 1 aliphatic heterocycles. The van der Waals surface area contributed by atoms with Crippen molar-refractivity contribution in [1.29, 1.82) is 0 Å². The van der Waals surface area contributed by atoms with Gasteiger partial charge in [-0.1, -0.05) is 28.1 Å². The molecule has 0 aliphatic carbocycles. The van der Waals surface area contributed by atoms with Gasteiger partial charge >= 0.3 is 0 Å². The molecule has 1 aromatic rings. The highest BCUT2D eigenvalue weighted by Gasteiger charge is 2.23. The summed E-state index contributed by atoms with van der Waals surface area (Å²) in [6, 6.07) is 7.98. The zero-order chi connectivity index (χ0) is 13.0. The van der Waals surface area contributed by atoms with Gasteiger partial charge in [-0.15, -0.1) is 0 Å². The van der Waals surface area contributed by atoms with Crippen LogP contribution in [0.1, 0.15) is 37.8 Å². The highest BCUT2D eigenvalue weighted by molar-refractivity contribution is 9.10. The van der Waals surface area contributed by atoms with E-state index in [1.807, 2.05) is 31.2 Å². The molecule has 1 N–H and O–H groups in total. The molecule has 1 aliphatic rings. The molecule has 1 saturated heterocycles. The van der Waals surface area contributed by atoms with Crippen LogP contribution in [0.3, 0.4) is 0 Å². The summed E-state index contributed by atoms with van der Waals surface area (Å²) in [5.74, 6) is 0.00201. The molecule has 98 valence electrons. The van der Waals surface area contributed by atoms with Crippen LogP contribution in [0.2, 0.25) is 0 Å². The fourth-order valence-corrected chi connectivity index (χ4v) is 2.53. The summed E-state index contributed by atoms with van der Waals surface area (Å²) in [5.41, 5.74) is 1.09. The van der Waals surface area contributed by atoms with E-state index in [4.69, 9.17) is 4.74 Å². The molecule has 2 rings (SSSR count). The van der Waals surface area contributed by atoms with Gasteiger partial charge in [0.05, 0.1) is 6.04 Å². The second kappa shape index (κ2) is 6.34. The van der Waals surface area contributed by atoms with Gasteiger partial charge in [-0.05, 0) is 43.9 Å². The Labute approximate surface area is 116 Å². The van der Waals surface area contributed by atoms with E-state index >= 15 is 0 Å². The van der Waals surface area contributed by atoms with Gasteiger partial charge in [0.25, 0.3) is 0 Å². The molecule has 18 heavy (non-hydrogen) atoms. The third-order valence-corrected chi connectivity index (χ3v) is 3.67. The Morgan fingerprint density at radius 2 is 2.33 bits per heavy atom. The number of carbonyl (C=O) groups excluding carboxylic acids is 1. The number of hydrogen-bond donors (Lipinski definition) is 1. The average Bonchev–Trinajstić information content (AvgIpc) is 2.39. The first-order chi connectivity index (χ1) is 8.66. The van der Waals surface area contributed by atoms with Crippen molar-refractivity contribution in [3.05, 3.63) is 34.3 Å². The van der Waals surface area contributed by atoms with Crippen molar-refractivity contribution in [2.75, 3.05) is 6.61 Å².